The maximum atomic E-state index is 14.3. The third kappa shape index (κ3) is 5.17. The van der Waals surface area contributed by atoms with Crippen molar-refractivity contribution in [3.05, 3.63) is 126 Å². The zero-order chi connectivity index (χ0) is 26.3. The van der Waals surface area contributed by atoms with Crippen LogP contribution < -0.4 is 15.6 Å². The molecule has 0 fully saturated rings. The predicted molar refractivity (Wildman–Crippen MR) is 147 cm³/mol. The van der Waals surface area contributed by atoms with Gasteiger partial charge in [-0.1, -0.05) is 91.0 Å². The van der Waals surface area contributed by atoms with Crippen molar-refractivity contribution in [1.82, 2.24) is 10.4 Å². The topological polar surface area (TPSA) is 89.6 Å². The molecule has 0 atom stereocenters. The largest absolute Gasteiger partial charge is 0.486 e. The van der Waals surface area contributed by atoms with Crippen LogP contribution in [0.2, 0.25) is 0 Å². The SMILES string of the molecule is COC(=O)NNc1ccccc1C(=O)c1c(OCc2ccccc2)c(-c2ccccc2)nc2ccccc12. The first kappa shape index (κ1) is 24.5. The van der Waals surface area contributed by atoms with Crippen molar-refractivity contribution in [3.8, 4) is 17.0 Å². The molecular weight excluding hydrogens is 478 g/mol. The Labute approximate surface area is 220 Å². The van der Waals surface area contributed by atoms with Gasteiger partial charge in [-0.15, -0.1) is 0 Å². The number of amides is 1. The van der Waals surface area contributed by atoms with Crippen molar-refractivity contribution in [3.63, 3.8) is 0 Å². The number of ether oxygens (including phenoxy) is 2. The van der Waals surface area contributed by atoms with Gasteiger partial charge in [0.15, 0.2) is 11.5 Å². The molecule has 0 unspecified atom stereocenters. The minimum absolute atomic E-state index is 0.255. The maximum absolute atomic E-state index is 14.3. The lowest BCUT2D eigenvalue weighted by Crippen LogP contribution is -2.30. The Hall–Kier alpha value is -5.17. The molecule has 5 rings (SSSR count). The van der Waals surface area contributed by atoms with Crippen LogP contribution in [0.5, 0.6) is 5.75 Å². The maximum Gasteiger partial charge on any atom is 0.425 e. The number of pyridine rings is 1. The number of rotatable bonds is 8. The highest BCUT2D eigenvalue weighted by Crippen LogP contribution is 2.39. The number of nitrogens with one attached hydrogen (secondary N) is 2. The Kier molecular flexibility index (Phi) is 7.27. The molecule has 1 amide bonds. The molecule has 5 aromatic rings. The van der Waals surface area contributed by atoms with Crippen molar-refractivity contribution >= 4 is 28.5 Å². The number of ketones is 1. The summed E-state index contributed by atoms with van der Waals surface area (Å²) in [5.74, 6) is 0.109. The van der Waals surface area contributed by atoms with Crippen LogP contribution in [0.1, 0.15) is 21.5 Å². The van der Waals surface area contributed by atoms with Crippen LogP contribution in [0, 0.1) is 0 Å². The van der Waals surface area contributed by atoms with Gasteiger partial charge in [-0.3, -0.25) is 10.2 Å². The average Bonchev–Trinajstić information content (AvgIpc) is 2.98. The summed E-state index contributed by atoms with van der Waals surface area (Å²) in [6.07, 6.45) is -0.681. The number of carbonyl (C=O) groups excluding carboxylic acids is 2. The molecule has 7 nitrogen and oxygen atoms in total. The van der Waals surface area contributed by atoms with Crippen LogP contribution in [0.25, 0.3) is 22.2 Å². The minimum Gasteiger partial charge on any atom is -0.486 e. The van der Waals surface area contributed by atoms with E-state index in [1.165, 1.54) is 7.11 Å². The van der Waals surface area contributed by atoms with Crippen LogP contribution in [-0.2, 0) is 11.3 Å². The lowest BCUT2D eigenvalue weighted by Gasteiger charge is -2.19. The molecule has 0 spiro atoms. The van der Waals surface area contributed by atoms with E-state index in [-0.39, 0.29) is 12.4 Å². The van der Waals surface area contributed by atoms with E-state index in [4.69, 9.17) is 9.72 Å². The highest BCUT2D eigenvalue weighted by atomic mass is 16.5. The molecule has 0 aliphatic heterocycles. The quantitative estimate of drug-likeness (QED) is 0.188. The molecule has 7 heteroatoms. The summed E-state index contributed by atoms with van der Waals surface area (Å²) in [5, 5.41) is 0.663. The molecule has 188 valence electrons. The number of benzene rings is 4. The number of fused-ring (bicyclic) bond motifs is 1. The molecule has 4 aromatic carbocycles. The summed E-state index contributed by atoms with van der Waals surface area (Å²) < 4.78 is 11.1. The van der Waals surface area contributed by atoms with Gasteiger partial charge in [0.25, 0.3) is 0 Å². The Balaban J connectivity index is 1.70. The Morgan fingerprint density at radius 3 is 2.21 bits per heavy atom. The number of para-hydroxylation sites is 2. The molecule has 38 heavy (non-hydrogen) atoms. The van der Waals surface area contributed by atoms with Gasteiger partial charge in [0.2, 0.25) is 0 Å². The van der Waals surface area contributed by atoms with Crippen LogP contribution in [0.4, 0.5) is 10.5 Å². The molecule has 1 heterocycles. The van der Waals surface area contributed by atoms with Crippen molar-refractivity contribution in [2.24, 2.45) is 0 Å². The number of aromatic nitrogens is 1. The van der Waals surface area contributed by atoms with Crippen LogP contribution in [0.15, 0.2) is 109 Å². The number of carbonyl (C=O) groups is 2. The minimum atomic E-state index is -0.681. The van der Waals surface area contributed by atoms with Crippen molar-refractivity contribution in [1.29, 1.82) is 0 Å². The fourth-order valence-corrected chi connectivity index (χ4v) is 4.18. The van der Waals surface area contributed by atoms with E-state index >= 15 is 0 Å². The van der Waals surface area contributed by atoms with Crippen molar-refractivity contribution in [2.45, 2.75) is 6.61 Å². The summed E-state index contributed by atoms with van der Waals surface area (Å²) >= 11 is 0. The van der Waals surface area contributed by atoms with Gasteiger partial charge in [0.05, 0.1) is 23.9 Å². The summed E-state index contributed by atoms with van der Waals surface area (Å²) in [5.41, 5.74) is 9.39. The van der Waals surface area contributed by atoms with Gasteiger partial charge in [0.1, 0.15) is 12.3 Å². The second-order valence-corrected chi connectivity index (χ2v) is 8.44. The molecule has 1 aromatic heterocycles. The first-order valence-corrected chi connectivity index (χ1v) is 12.0. The molecule has 0 saturated carbocycles. The van der Waals surface area contributed by atoms with Gasteiger partial charge >= 0.3 is 6.09 Å². The van der Waals surface area contributed by atoms with E-state index < -0.39 is 6.09 Å². The number of hydrogen-bond donors (Lipinski definition) is 2. The van der Waals surface area contributed by atoms with Gasteiger partial charge < -0.3 is 9.47 Å². The number of anilines is 1. The third-order valence-corrected chi connectivity index (χ3v) is 6.00. The summed E-state index contributed by atoms with van der Waals surface area (Å²) in [6, 6.07) is 33.9. The van der Waals surface area contributed by atoms with E-state index in [0.29, 0.717) is 39.2 Å². The Morgan fingerprint density at radius 1 is 0.789 bits per heavy atom. The van der Waals surface area contributed by atoms with Gasteiger partial charge in [-0.25, -0.2) is 15.2 Å². The van der Waals surface area contributed by atoms with Crippen LogP contribution >= 0.6 is 0 Å². The normalized spacial score (nSPS) is 10.6. The predicted octanol–water partition coefficient (Wildman–Crippen LogP) is 6.39. The Morgan fingerprint density at radius 2 is 1.45 bits per heavy atom. The molecule has 0 saturated heterocycles. The summed E-state index contributed by atoms with van der Waals surface area (Å²) in [4.78, 5) is 30.9. The highest BCUT2D eigenvalue weighted by molar-refractivity contribution is 6.21. The fraction of sp³-hybridized carbons (Fsp3) is 0.0645. The number of hydrazine groups is 1. The number of methoxy groups -OCH3 is 1. The Bertz CT molecular complexity index is 1590. The van der Waals surface area contributed by atoms with Crippen LogP contribution in [0.3, 0.4) is 0 Å². The smallest absolute Gasteiger partial charge is 0.425 e. The van der Waals surface area contributed by atoms with Crippen LogP contribution in [-0.4, -0.2) is 24.0 Å². The summed E-state index contributed by atoms with van der Waals surface area (Å²) in [6.45, 7) is 0.255. The lowest BCUT2D eigenvalue weighted by molar-refractivity contribution is 0.103. The molecule has 0 aliphatic carbocycles. The van der Waals surface area contributed by atoms with E-state index in [1.807, 2.05) is 84.9 Å². The van der Waals surface area contributed by atoms with Gasteiger partial charge in [-0.05, 0) is 23.8 Å². The monoisotopic (exact) mass is 503 g/mol. The van der Waals surface area contributed by atoms with Crippen molar-refractivity contribution < 1.29 is 19.1 Å². The molecule has 0 aliphatic rings. The third-order valence-electron chi connectivity index (χ3n) is 6.00. The molecular formula is C31H25N3O4. The average molecular weight is 504 g/mol. The van der Waals surface area contributed by atoms with Gasteiger partial charge in [-0.2, -0.15) is 0 Å². The molecule has 2 N–H and O–H groups in total. The first-order valence-electron chi connectivity index (χ1n) is 12.0. The highest BCUT2D eigenvalue weighted by Gasteiger charge is 2.26. The second-order valence-electron chi connectivity index (χ2n) is 8.44. The van der Waals surface area contributed by atoms with E-state index in [9.17, 15) is 9.59 Å². The second kappa shape index (κ2) is 11.3. The molecule has 0 bridgehead atoms. The van der Waals surface area contributed by atoms with Gasteiger partial charge in [0, 0.05) is 16.5 Å². The number of nitrogens with zero attached hydrogens (tertiary/aromatic N) is 1. The molecule has 0 radical (unpaired) electrons. The standard InChI is InChI=1S/C31H25N3O4/c1-37-31(36)34-33-26-19-11-9-17-24(26)29(35)27-23-16-8-10-18-25(23)32-28(22-14-6-3-7-15-22)30(27)38-20-21-12-4-2-5-13-21/h2-19,33H,20H2,1H3,(H,34,36). The lowest BCUT2D eigenvalue weighted by atomic mass is 9.95. The first-order chi connectivity index (χ1) is 18.7. The van der Waals surface area contributed by atoms with Crippen molar-refractivity contribution in [2.75, 3.05) is 12.5 Å². The zero-order valence-corrected chi connectivity index (χ0v) is 20.7. The van der Waals surface area contributed by atoms with E-state index in [1.54, 1.807) is 24.3 Å². The van der Waals surface area contributed by atoms with E-state index in [2.05, 4.69) is 15.6 Å². The number of hydrogen-bond acceptors (Lipinski definition) is 6. The zero-order valence-electron chi connectivity index (χ0n) is 20.7. The van der Waals surface area contributed by atoms with E-state index in [0.717, 1.165) is 11.1 Å². The fourth-order valence-electron chi connectivity index (χ4n) is 4.18. The summed E-state index contributed by atoms with van der Waals surface area (Å²) in [7, 11) is 1.26.